The molecule has 17 heavy (non-hydrogen) atoms. The van der Waals surface area contributed by atoms with Crippen molar-refractivity contribution in [3.63, 3.8) is 0 Å². The van der Waals surface area contributed by atoms with Crippen LogP contribution < -0.4 is 0 Å². The Labute approximate surface area is 101 Å². The van der Waals surface area contributed by atoms with E-state index in [1.165, 1.54) is 16.8 Å². The third-order valence-electron chi connectivity index (χ3n) is 2.18. The van der Waals surface area contributed by atoms with Gasteiger partial charge in [0, 0.05) is 12.1 Å². The first-order valence-electron chi connectivity index (χ1n) is 4.75. The van der Waals surface area contributed by atoms with Crippen LogP contribution in [0.3, 0.4) is 0 Å². The SMILES string of the molecule is O=[N+]([O-])c1cccc(Cn2nnnc2CCl)c1. The number of nitrogens with zero attached hydrogens (tertiary/aromatic N) is 5. The highest BCUT2D eigenvalue weighted by Crippen LogP contribution is 2.14. The van der Waals surface area contributed by atoms with Gasteiger partial charge in [-0.25, -0.2) is 4.68 Å². The molecule has 1 aromatic heterocycles. The third-order valence-corrected chi connectivity index (χ3v) is 2.42. The number of nitro benzene ring substituents is 1. The number of aromatic nitrogens is 4. The molecule has 0 bridgehead atoms. The van der Waals surface area contributed by atoms with E-state index >= 15 is 0 Å². The first kappa shape index (κ1) is 11.5. The largest absolute Gasteiger partial charge is 0.269 e. The lowest BCUT2D eigenvalue weighted by Gasteiger charge is -2.02. The Balaban J connectivity index is 2.24. The van der Waals surface area contributed by atoms with Crippen LogP contribution in [0.1, 0.15) is 11.4 Å². The second-order valence-corrected chi connectivity index (χ2v) is 3.58. The average Bonchev–Trinajstić information content (AvgIpc) is 2.76. The highest BCUT2D eigenvalue weighted by atomic mass is 35.5. The minimum absolute atomic E-state index is 0.0444. The van der Waals surface area contributed by atoms with Gasteiger partial charge in [-0.1, -0.05) is 12.1 Å². The highest BCUT2D eigenvalue weighted by Gasteiger charge is 2.09. The van der Waals surface area contributed by atoms with Gasteiger partial charge >= 0.3 is 0 Å². The minimum Gasteiger partial charge on any atom is -0.258 e. The molecule has 0 saturated heterocycles. The minimum atomic E-state index is -0.439. The topological polar surface area (TPSA) is 86.7 Å². The fourth-order valence-corrected chi connectivity index (χ4v) is 1.57. The molecule has 7 nitrogen and oxygen atoms in total. The standard InChI is InChI=1S/C9H8ClN5O2/c10-5-9-11-12-13-14(9)6-7-2-1-3-8(4-7)15(16)17/h1-4H,5-6H2. The van der Waals surface area contributed by atoms with Gasteiger partial charge < -0.3 is 0 Å². The summed E-state index contributed by atoms with van der Waals surface area (Å²) >= 11 is 5.65. The summed E-state index contributed by atoms with van der Waals surface area (Å²) in [5.41, 5.74) is 0.792. The summed E-state index contributed by atoms with van der Waals surface area (Å²) in [7, 11) is 0. The first-order valence-corrected chi connectivity index (χ1v) is 5.28. The number of halogens is 1. The summed E-state index contributed by atoms with van der Waals surface area (Å²) < 4.78 is 1.51. The Morgan fingerprint density at radius 3 is 3.00 bits per heavy atom. The zero-order valence-electron chi connectivity index (χ0n) is 8.65. The first-order chi connectivity index (χ1) is 8.20. The Bertz CT molecular complexity index is 542. The normalized spacial score (nSPS) is 10.4. The molecule has 0 radical (unpaired) electrons. The summed E-state index contributed by atoms with van der Waals surface area (Å²) in [5.74, 6) is 0.722. The molecule has 8 heteroatoms. The molecule has 1 heterocycles. The van der Waals surface area contributed by atoms with E-state index in [2.05, 4.69) is 15.5 Å². The van der Waals surface area contributed by atoms with E-state index in [-0.39, 0.29) is 11.6 Å². The molecule has 1 aromatic carbocycles. The Morgan fingerprint density at radius 1 is 1.47 bits per heavy atom. The van der Waals surface area contributed by atoms with Crippen LogP contribution in [0.5, 0.6) is 0 Å². The van der Waals surface area contributed by atoms with Crippen LogP contribution in [0.25, 0.3) is 0 Å². The van der Waals surface area contributed by atoms with Crippen LogP contribution in [0.2, 0.25) is 0 Å². The van der Waals surface area contributed by atoms with Crippen molar-refractivity contribution >= 4 is 17.3 Å². The average molecular weight is 254 g/mol. The van der Waals surface area contributed by atoms with E-state index in [1.54, 1.807) is 12.1 Å². The molecule has 0 N–H and O–H groups in total. The number of hydrogen-bond acceptors (Lipinski definition) is 5. The van der Waals surface area contributed by atoms with Gasteiger partial charge in [0.05, 0.1) is 17.3 Å². The van der Waals surface area contributed by atoms with Crippen molar-refractivity contribution in [1.82, 2.24) is 20.2 Å². The van der Waals surface area contributed by atoms with Gasteiger partial charge in [-0.3, -0.25) is 10.1 Å². The van der Waals surface area contributed by atoms with Crippen molar-refractivity contribution < 1.29 is 4.92 Å². The summed E-state index contributed by atoms with van der Waals surface area (Å²) in [4.78, 5) is 10.2. The number of non-ortho nitro benzene ring substituents is 1. The fourth-order valence-electron chi connectivity index (χ4n) is 1.38. The number of alkyl halides is 1. The van der Waals surface area contributed by atoms with Gasteiger partial charge in [0.25, 0.3) is 5.69 Å². The molecule has 2 rings (SSSR count). The van der Waals surface area contributed by atoms with Crippen LogP contribution in [0.4, 0.5) is 5.69 Å². The second-order valence-electron chi connectivity index (χ2n) is 3.31. The zero-order chi connectivity index (χ0) is 12.3. The molecule has 0 saturated carbocycles. The number of nitro groups is 1. The molecule has 0 atom stereocenters. The van der Waals surface area contributed by atoms with Crippen LogP contribution in [-0.2, 0) is 12.4 Å². The molecule has 0 unspecified atom stereocenters. The maximum atomic E-state index is 10.6. The van der Waals surface area contributed by atoms with Crippen LogP contribution >= 0.6 is 11.6 Å². The van der Waals surface area contributed by atoms with Crippen molar-refractivity contribution in [2.75, 3.05) is 0 Å². The van der Waals surface area contributed by atoms with Gasteiger partial charge in [0.15, 0.2) is 5.82 Å². The maximum absolute atomic E-state index is 10.6. The summed E-state index contributed by atoms with van der Waals surface area (Å²) in [5, 5.41) is 21.6. The van der Waals surface area contributed by atoms with E-state index in [1.807, 2.05) is 0 Å². The van der Waals surface area contributed by atoms with Gasteiger partial charge in [-0.2, -0.15) is 0 Å². The van der Waals surface area contributed by atoms with Gasteiger partial charge in [-0.05, 0) is 16.0 Å². The summed E-state index contributed by atoms with van der Waals surface area (Å²) in [6.07, 6.45) is 0. The van der Waals surface area contributed by atoms with E-state index < -0.39 is 4.92 Å². The lowest BCUT2D eigenvalue weighted by Crippen LogP contribution is -2.06. The Hall–Kier alpha value is -2.02. The van der Waals surface area contributed by atoms with Crippen LogP contribution in [0.15, 0.2) is 24.3 Å². The lowest BCUT2D eigenvalue weighted by atomic mass is 10.2. The third kappa shape index (κ3) is 2.56. The summed E-state index contributed by atoms with van der Waals surface area (Å²) in [6.45, 7) is 0.358. The van der Waals surface area contributed by atoms with Gasteiger partial charge in [0.1, 0.15) is 0 Å². The smallest absolute Gasteiger partial charge is 0.258 e. The van der Waals surface area contributed by atoms with E-state index in [0.717, 1.165) is 5.56 Å². The van der Waals surface area contributed by atoms with Crippen molar-refractivity contribution in [3.05, 3.63) is 45.8 Å². The predicted octanol–water partition coefficient (Wildman–Crippen LogP) is 1.37. The lowest BCUT2D eigenvalue weighted by molar-refractivity contribution is -0.384. The molecule has 0 aliphatic heterocycles. The highest BCUT2D eigenvalue weighted by molar-refractivity contribution is 6.16. The van der Waals surface area contributed by atoms with E-state index in [0.29, 0.717) is 12.4 Å². The number of rotatable bonds is 4. The van der Waals surface area contributed by atoms with Gasteiger partial charge in [-0.15, -0.1) is 16.7 Å². The molecule has 2 aromatic rings. The van der Waals surface area contributed by atoms with Crippen LogP contribution in [0, 0.1) is 10.1 Å². The quantitative estimate of drug-likeness (QED) is 0.467. The Kier molecular flexibility index (Phi) is 3.29. The number of tetrazole rings is 1. The van der Waals surface area contributed by atoms with Gasteiger partial charge in [0.2, 0.25) is 0 Å². The number of hydrogen-bond donors (Lipinski definition) is 0. The molecule has 0 aliphatic carbocycles. The molecule has 88 valence electrons. The van der Waals surface area contributed by atoms with Crippen molar-refractivity contribution in [2.45, 2.75) is 12.4 Å². The second kappa shape index (κ2) is 4.88. The van der Waals surface area contributed by atoms with E-state index in [4.69, 9.17) is 11.6 Å². The molecular formula is C9H8ClN5O2. The fraction of sp³-hybridized carbons (Fsp3) is 0.222. The van der Waals surface area contributed by atoms with Crippen LogP contribution in [-0.4, -0.2) is 25.1 Å². The maximum Gasteiger partial charge on any atom is 0.269 e. The molecular weight excluding hydrogens is 246 g/mol. The van der Waals surface area contributed by atoms with Crippen molar-refractivity contribution in [3.8, 4) is 0 Å². The zero-order valence-corrected chi connectivity index (χ0v) is 9.41. The molecule has 0 fully saturated rings. The molecule has 0 amide bonds. The number of benzene rings is 1. The summed E-state index contributed by atoms with van der Waals surface area (Å²) in [6, 6.07) is 6.32. The van der Waals surface area contributed by atoms with Crippen molar-refractivity contribution in [1.29, 1.82) is 0 Å². The molecule has 0 aliphatic rings. The predicted molar refractivity (Wildman–Crippen MR) is 59.6 cm³/mol. The van der Waals surface area contributed by atoms with Crippen molar-refractivity contribution in [2.24, 2.45) is 0 Å². The van der Waals surface area contributed by atoms with E-state index in [9.17, 15) is 10.1 Å². The molecule has 0 spiro atoms. The Morgan fingerprint density at radius 2 is 2.29 bits per heavy atom. The monoisotopic (exact) mass is 253 g/mol.